The normalized spacial score (nSPS) is 10.3. The summed E-state index contributed by atoms with van der Waals surface area (Å²) >= 11 is 0. The van der Waals surface area contributed by atoms with E-state index in [0.717, 1.165) is 10.3 Å². The fourth-order valence-electron chi connectivity index (χ4n) is 2.76. The molecule has 0 atom stereocenters. The number of aryl methyl sites for hydroxylation is 1. The first kappa shape index (κ1) is 20.6. The lowest BCUT2D eigenvalue weighted by Gasteiger charge is -2.12. The van der Waals surface area contributed by atoms with Crippen molar-refractivity contribution in [1.29, 1.82) is 0 Å². The summed E-state index contributed by atoms with van der Waals surface area (Å²) in [5.74, 6) is -0.149. The summed E-state index contributed by atoms with van der Waals surface area (Å²) in [4.78, 5) is 41.1. The second-order valence-electron chi connectivity index (χ2n) is 6.41. The first-order valence-electron chi connectivity index (χ1n) is 8.93. The minimum atomic E-state index is -0.660. The molecule has 1 N–H and O–H groups in total. The van der Waals surface area contributed by atoms with Crippen molar-refractivity contribution in [2.75, 3.05) is 12.4 Å². The third-order valence-electron chi connectivity index (χ3n) is 4.25. The summed E-state index contributed by atoms with van der Waals surface area (Å²) in [5.41, 5.74) is 0.998. The lowest BCUT2D eigenvalue weighted by molar-refractivity contribution is -0.384. The van der Waals surface area contributed by atoms with Crippen LogP contribution in [0.4, 0.5) is 11.4 Å². The maximum Gasteiger partial charge on any atom is 0.295 e. The highest BCUT2D eigenvalue weighted by molar-refractivity contribution is 6.04. The number of methoxy groups -OCH3 is 1. The molecule has 9 nitrogen and oxygen atoms in total. The number of anilines is 1. The van der Waals surface area contributed by atoms with Crippen molar-refractivity contribution in [3.05, 3.63) is 98.0 Å². The molecule has 0 radical (unpaired) electrons. The van der Waals surface area contributed by atoms with E-state index in [4.69, 9.17) is 9.57 Å². The molecular formula is C21H19N3O6. The minimum Gasteiger partial charge on any atom is -0.495 e. The Kier molecular flexibility index (Phi) is 6.11. The van der Waals surface area contributed by atoms with Gasteiger partial charge in [0.1, 0.15) is 17.9 Å². The highest BCUT2D eigenvalue weighted by Crippen LogP contribution is 2.25. The fraction of sp³-hybridized carbons (Fsp3) is 0.143. The molecule has 0 saturated carbocycles. The second-order valence-corrected chi connectivity index (χ2v) is 6.41. The smallest absolute Gasteiger partial charge is 0.295 e. The molecule has 0 fully saturated rings. The van der Waals surface area contributed by atoms with Gasteiger partial charge in [-0.1, -0.05) is 18.2 Å². The van der Waals surface area contributed by atoms with Crippen molar-refractivity contribution >= 4 is 17.3 Å². The number of carbonyl (C=O) groups is 1. The van der Waals surface area contributed by atoms with Gasteiger partial charge >= 0.3 is 0 Å². The number of ether oxygens (including phenoxy) is 1. The van der Waals surface area contributed by atoms with Crippen molar-refractivity contribution in [2.24, 2.45) is 0 Å². The molecule has 3 rings (SSSR count). The van der Waals surface area contributed by atoms with E-state index in [2.05, 4.69) is 5.32 Å². The lowest BCUT2D eigenvalue weighted by Crippen LogP contribution is -2.32. The Bertz CT molecular complexity index is 1160. The van der Waals surface area contributed by atoms with Crippen LogP contribution in [0.25, 0.3) is 0 Å². The number of rotatable bonds is 7. The second kappa shape index (κ2) is 8.91. The summed E-state index contributed by atoms with van der Waals surface area (Å²) in [6, 6.07) is 14.0. The molecule has 1 aromatic heterocycles. The Hall–Kier alpha value is -4.14. The van der Waals surface area contributed by atoms with Crippen LogP contribution in [0.2, 0.25) is 0 Å². The molecule has 0 unspecified atom stereocenters. The zero-order valence-corrected chi connectivity index (χ0v) is 16.3. The van der Waals surface area contributed by atoms with Crippen LogP contribution >= 0.6 is 0 Å². The van der Waals surface area contributed by atoms with E-state index in [0.29, 0.717) is 17.0 Å². The van der Waals surface area contributed by atoms with Crippen LogP contribution in [0.15, 0.2) is 65.6 Å². The number of nitro benzene ring substituents is 1. The van der Waals surface area contributed by atoms with Crippen LogP contribution in [0.5, 0.6) is 5.75 Å². The number of non-ortho nitro benzene ring substituents is 1. The van der Waals surface area contributed by atoms with Gasteiger partial charge < -0.3 is 14.9 Å². The average molecular weight is 409 g/mol. The molecule has 0 aliphatic carbocycles. The zero-order valence-electron chi connectivity index (χ0n) is 16.3. The van der Waals surface area contributed by atoms with Crippen LogP contribution in [0, 0.1) is 17.0 Å². The van der Waals surface area contributed by atoms with E-state index in [9.17, 15) is 19.7 Å². The Labute approximate surface area is 171 Å². The number of hydrogen-bond acceptors (Lipinski definition) is 6. The quantitative estimate of drug-likeness (QED) is 0.474. The predicted octanol–water partition coefficient (Wildman–Crippen LogP) is 2.95. The Morgan fingerprint density at radius 3 is 2.70 bits per heavy atom. The molecule has 9 heteroatoms. The highest BCUT2D eigenvalue weighted by Gasteiger charge is 2.15. The molecule has 1 heterocycles. The maximum atomic E-state index is 12.7. The van der Waals surface area contributed by atoms with Crippen LogP contribution < -0.4 is 20.5 Å². The van der Waals surface area contributed by atoms with Crippen molar-refractivity contribution in [2.45, 2.75) is 13.5 Å². The predicted molar refractivity (Wildman–Crippen MR) is 110 cm³/mol. The lowest BCUT2D eigenvalue weighted by atomic mass is 10.2. The van der Waals surface area contributed by atoms with E-state index < -0.39 is 16.4 Å². The number of amides is 1. The van der Waals surface area contributed by atoms with Gasteiger partial charge in [0.25, 0.3) is 17.2 Å². The van der Waals surface area contributed by atoms with Gasteiger partial charge in [0.15, 0.2) is 0 Å². The minimum absolute atomic E-state index is 0.0799. The molecule has 1 amide bonds. The molecule has 3 aromatic rings. The number of hydrogen-bond donors (Lipinski definition) is 1. The van der Waals surface area contributed by atoms with Gasteiger partial charge in [-0.25, -0.2) is 0 Å². The zero-order chi connectivity index (χ0) is 21.7. The number of aromatic nitrogens is 1. The third-order valence-corrected chi connectivity index (χ3v) is 4.25. The number of benzene rings is 2. The topological polar surface area (TPSA) is 113 Å². The van der Waals surface area contributed by atoms with Gasteiger partial charge in [-0.15, -0.1) is 0 Å². The van der Waals surface area contributed by atoms with Crippen LogP contribution in [-0.4, -0.2) is 22.7 Å². The first-order chi connectivity index (χ1) is 14.4. The van der Waals surface area contributed by atoms with Crippen molar-refractivity contribution < 1.29 is 19.3 Å². The number of carbonyl (C=O) groups excluding carboxylic acids is 1. The molecule has 0 spiro atoms. The van der Waals surface area contributed by atoms with Gasteiger partial charge in [0.05, 0.1) is 17.7 Å². The Morgan fingerprint density at radius 1 is 1.17 bits per heavy atom. The van der Waals surface area contributed by atoms with Gasteiger partial charge in [0.2, 0.25) is 0 Å². The molecule has 0 aliphatic heterocycles. The summed E-state index contributed by atoms with van der Waals surface area (Å²) in [5, 5.41) is 13.5. The molecule has 2 aromatic carbocycles. The SMILES string of the molecule is COc1ccc(C)cc1NC(=O)c1cccn(OCc2cccc([N+](=O)[O-])c2)c1=O. The molecule has 0 saturated heterocycles. The Morgan fingerprint density at radius 2 is 1.97 bits per heavy atom. The van der Waals surface area contributed by atoms with E-state index in [1.54, 1.807) is 18.2 Å². The largest absolute Gasteiger partial charge is 0.495 e. The molecule has 0 bridgehead atoms. The average Bonchev–Trinajstić information content (AvgIpc) is 2.73. The summed E-state index contributed by atoms with van der Waals surface area (Å²) in [6.45, 7) is 1.78. The van der Waals surface area contributed by atoms with Gasteiger partial charge in [0, 0.05) is 18.3 Å². The maximum absolute atomic E-state index is 12.7. The van der Waals surface area contributed by atoms with Crippen molar-refractivity contribution in [1.82, 2.24) is 4.73 Å². The molecule has 30 heavy (non-hydrogen) atoms. The number of nitro groups is 1. The van der Waals surface area contributed by atoms with E-state index in [1.165, 1.54) is 43.6 Å². The third kappa shape index (κ3) is 4.64. The number of nitrogens with one attached hydrogen (secondary N) is 1. The van der Waals surface area contributed by atoms with Crippen LogP contribution in [-0.2, 0) is 6.61 Å². The number of nitrogens with zero attached hydrogens (tertiary/aromatic N) is 2. The number of pyridine rings is 1. The van der Waals surface area contributed by atoms with E-state index >= 15 is 0 Å². The molecule has 0 aliphatic rings. The first-order valence-corrected chi connectivity index (χ1v) is 8.93. The van der Waals surface area contributed by atoms with E-state index in [-0.39, 0.29) is 17.9 Å². The van der Waals surface area contributed by atoms with Crippen molar-refractivity contribution in [3.8, 4) is 5.75 Å². The summed E-state index contributed by atoms with van der Waals surface area (Å²) < 4.78 is 6.15. The fourth-order valence-corrected chi connectivity index (χ4v) is 2.76. The van der Waals surface area contributed by atoms with Gasteiger partial charge in [-0.2, -0.15) is 4.73 Å². The van der Waals surface area contributed by atoms with Crippen LogP contribution in [0.3, 0.4) is 0 Å². The monoisotopic (exact) mass is 409 g/mol. The van der Waals surface area contributed by atoms with Crippen molar-refractivity contribution in [3.63, 3.8) is 0 Å². The molecular weight excluding hydrogens is 390 g/mol. The summed E-state index contributed by atoms with van der Waals surface area (Å²) in [6.07, 6.45) is 1.36. The Balaban J connectivity index is 1.79. The highest BCUT2D eigenvalue weighted by atomic mass is 16.7. The molecule has 154 valence electrons. The van der Waals surface area contributed by atoms with E-state index in [1.807, 2.05) is 13.0 Å². The van der Waals surface area contributed by atoms with Crippen LogP contribution in [0.1, 0.15) is 21.5 Å². The summed E-state index contributed by atoms with van der Waals surface area (Å²) in [7, 11) is 1.48. The van der Waals surface area contributed by atoms with Gasteiger partial charge in [-0.3, -0.25) is 19.7 Å². The standard InChI is InChI=1S/C21H19N3O6/c1-14-8-9-19(29-2)18(11-14)22-20(25)17-7-4-10-23(21(17)26)30-13-15-5-3-6-16(12-15)24(27)28/h3-12H,13H2,1-2H3,(H,22,25). The van der Waals surface area contributed by atoms with Gasteiger partial charge in [-0.05, 0) is 42.3 Å².